The van der Waals surface area contributed by atoms with Gasteiger partial charge in [0.2, 0.25) is 0 Å². The first-order valence-electron chi connectivity index (χ1n) is 11.1. The van der Waals surface area contributed by atoms with E-state index in [1.165, 1.54) is 22.2 Å². The van der Waals surface area contributed by atoms with Gasteiger partial charge < -0.3 is 15.0 Å². The summed E-state index contributed by atoms with van der Waals surface area (Å²) in [4.78, 5) is 11.1. The number of aromatic nitrogens is 1. The summed E-state index contributed by atoms with van der Waals surface area (Å²) in [7, 11) is 2.19. The molecule has 29 heavy (non-hydrogen) atoms. The molecule has 1 aromatic carbocycles. The number of H-pyrrole nitrogens is 1. The number of likely N-dealkylation sites (N-methyl/N-ethyl adjacent to an activating group) is 1. The molecule has 1 aliphatic carbocycles. The lowest BCUT2D eigenvalue weighted by Crippen LogP contribution is -2.55. The molecule has 0 bridgehead atoms. The Kier molecular flexibility index (Phi) is 5.37. The predicted octanol–water partition coefficient (Wildman–Crippen LogP) is 2.95. The summed E-state index contributed by atoms with van der Waals surface area (Å²) in [5, 5.41) is 12.9. The third kappa shape index (κ3) is 3.84. The first kappa shape index (κ1) is 19.8. The minimum atomic E-state index is -0.170. The Bertz CT molecular complexity index is 875. The Balaban J connectivity index is 1.26. The number of fused-ring (bicyclic) bond motifs is 2. The van der Waals surface area contributed by atoms with Crippen LogP contribution in [0.15, 0.2) is 18.2 Å². The maximum absolute atomic E-state index is 10.9. The summed E-state index contributed by atoms with van der Waals surface area (Å²) in [6.45, 7) is 9.83. The van der Waals surface area contributed by atoms with Crippen molar-refractivity contribution < 1.29 is 5.11 Å². The molecule has 3 aliphatic rings. The van der Waals surface area contributed by atoms with Crippen LogP contribution in [0.3, 0.4) is 0 Å². The topological polar surface area (TPSA) is 45.7 Å². The summed E-state index contributed by atoms with van der Waals surface area (Å²) in [6, 6.07) is 6.44. The van der Waals surface area contributed by atoms with E-state index in [0.717, 1.165) is 63.7 Å². The van der Waals surface area contributed by atoms with E-state index in [2.05, 4.69) is 45.8 Å². The molecule has 5 rings (SSSR count). The van der Waals surface area contributed by atoms with E-state index in [0.29, 0.717) is 17.9 Å². The van der Waals surface area contributed by atoms with E-state index in [1.54, 1.807) is 0 Å². The number of aliphatic hydroxyl groups is 1. The van der Waals surface area contributed by atoms with Crippen LogP contribution in [0, 0.1) is 18.8 Å². The summed E-state index contributed by atoms with van der Waals surface area (Å²) in [6.07, 6.45) is 1.93. The van der Waals surface area contributed by atoms with Crippen LogP contribution in [0.1, 0.15) is 24.1 Å². The molecule has 4 atom stereocenters. The van der Waals surface area contributed by atoms with Gasteiger partial charge in [-0.15, -0.1) is 0 Å². The van der Waals surface area contributed by atoms with Crippen LogP contribution >= 0.6 is 11.6 Å². The first-order chi connectivity index (χ1) is 14.0. The van der Waals surface area contributed by atoms with E-state index < -0.39 is 0 Å². The van der Waals surface area contributed by atoms with Crippen LogP contribution in [0.5, 0.6) is 0 Å². The largest absolute Gasteiger partial charge is 0.391 e. The number of piperazine rings is 1. The van der Waals surface area contributed by atoms with Gasteiger partial charge in [0.1, 0.15) is 0 Å². The molecule has 1 saturated carbocycles. The van der Waals surface area contributed by atoms with Crippen LogP contribution in [-0.4, -0.2) is 83.3 Å². The zero-order valence-electron chi connectivity index (χ0n) is 17.6. The normalized spacial score (nSPS) is 32.1. The van der Waals surface area contributed by atoms with Crippen LogP contribution in [0.4, 0.5) is 0 Å². The van der Waals surface area contributed by atoms with Gasteiger partial charge in [-0.1, -0.05) is 11.6 Å². The number of benzene rings is 1. The van der Waals surface area contributed by atoms with Crippen molar-refractivity contribution in [3.05, 3.63) is 34.5 Å². The molecule has 2 N–H and O–H groups in total. The Labute approximate surface area is 178 Å². The van der Waals surface area contributed by atoms with Crippen LogP contribution in [0.2, 0.25) is 5.02 Å². The highest BCUT2D eigenvalue weighted by atomic mass is 35.5. The second-order valence-corrected chi connectivity index (χ2v) is 10.0. The third-order valence-electron chi connectivity index (χ3n) is 7.70. The lowest BCUT2D eigenvalue weighted by molar-refractivity contribution is -0.0249. The van der Waals surface area contributed by atoms with Gasteiger partial charge in [-0.2, -0.15) is 0 Å². The number of nitrogens with one attached hydrogen (secondary N) is 1. The van der Waals surface area contributed by atoms with Gasteiger partial charge in [0, 0.05) is 73.5 Å². The molecule has 0 unspecified atom stereocenters. The molecule has 0 amide bonds. The SMILES string of the molecule is Cc1c(CN2C[C@H]3C[C@@H](N4CCN(C)CC4)[C@H](O)C[C@H]3C2)[nH]c2ccc(Cl)cc12. The molecule has 3 heterocycles. The predicted molar refractivity (Wildman–Crippen MR) is 118 cm³/mol. The molecule has 0 spiro atoms. The van der Waals surface area contributed by atoms with Crippen LogP contribution < -0.4 is 0 Å². The average molecular weight is 417 g/mol. The number of halogens is 1. The van der Waals surface area contributed by atoms with Gasteiger partial charge in [0.15, 0.2) is 0 Å². The van der Waals surface area contributed by atoms with Crippen molar-refractivity contribution in [1.29, 1.82) is 0 Å². The lowest BCUT2D eigenvalue weighted by Gasteiger charge is -2.44. The van der Waals surface area contributed by atoms with E-state index in [-0.39, 0.29) is 6.10 Å². The number of aliphatic hydroxyl groups excluding tert-OH is 1. The van der Waals surface area contributed by atoms with Crippen molar-refractivity contribution in [2.75, 3.05) is 46.3 Å². The summed E-state index contributed by atoms with van der Waals surface area (Å²) in [5.74, 6) is 1.34. The maximum Gasteiger partial charge on any atom is 0.0698 e. The van der Waals surface area contributed by atoms with Gasteiger partial charge in [0.25, 0.3) is 0 Å². The number of hydrogen-bond acceptors (Lipinski definition) is 4. The van der Waals surface area contributed by atoms with Crippen molar-refractivity contribution in [1.82, 2.24) is 19.7 Å². The molecular weight excluding hydrogens is 384 g/mol. The molecule has 2 aromatic rings. The monoisotopic (exact) mass is 416 g/mol. The second kappa shape index (κ2) is 7.86. The quantitative estimate of drug-likeness (QED) is 0.807. The fourth-order valence-corrected chi connectivity index (χ4v) is 6.09. The molecule has 6 heteroatoms. The molecule has 5 nitrogen and oxygen atoms in total. The highest BCUT2D eigenvalue weighted by molar-refractivity contribution is 6.31. The zero-order chi connectivity index (χ0) is 20.1. The van der Waals surface area contributed by atoms with Crippen LogP contribution in [-0.2, 0) is 6.54 Å². The highest BCUT2D eigenvalue weighted by Gasteiger charge is 2.43. The number of likely N-dealkylation sites (tertiary alicyclic amines) is 1. The number of hydrogen-bond donors (Lipinski definition) is 2. The van der Waals surface area contributed by atoms with E-state index in [4.69, 9.17) is 11.6 Å². The standard InChI is InChI=1S/C23H33ClN4O/c1-15-19-11-18(24)3-4-20(19)25-21(15)14-27-12-16-9-22(23(29)10-17(16)13-27)28-7-5-26(2)6-8-28/h3-4,11,16-17,22-23,25,29H,5-10,12-14H2,1-2H3/t16-,17+,22-,23-/m1/s1. The molecule has 2 aliphatic heterocycles. The zero-order valence-corrected chi connectivity index (χ0v) is 18.3. The average Bonchev–Trinajstić information content (AvgIpc) is 3.22. The van der Waals surface area contributed by atoms with Gasteiger partial charge in [0.05, 0.1) is 6.10 Å². The van der Waals surface area contributed by atoms with Crippen molar-refractivity contribution in [3.63, 3.8) is 0 Å². The Hall–Kier alpha value is -1.11. The third-order valence-corrected chi connectivity index (χ3v) is 7.93. The van der Waals surface area contributed by atoms with E-state index in [9.17, 15) is 5.11 Å². The number of nitrogens with zero attached hydrogens (tertiary/aromatic N) is 3. The summed E-state index contributed by atoms with van der Waals surface area (Å²) < 4.78 is 0. The van der Waals surface area contributed by atoms with Crippen molar-refractivity contribution >= 4 is 22.5 Å². The number of rotatable bonds is 3. The van der Waals surface area contributed by atoms with Crippen molar-refractivity contribution in [3.8, 4) is 0 Å². The van der Waals surface area contributed by atoms with Gasteiger partial charge >= 0.3 is 0 Å². The summed E-state index contributed by atoms with van der Waals surface area (Å²) >= 11 is 6.20. The minimum absolute atomic E-state index is 0.170. The number of aromatic amines is 1. The molecule has 3 fully saturated rings. The molecule has 2 saturated heterocycles. The fourth-order valence-electron chi connectivity index (χ4n) is 5.92. The maximum atomic E-state index is 10.9. The van der Waals surface area contributed by atoms with E-state index >= 15 is 0 Å². The first-order valence-corrected chi connectivity index (χ1v) is 11.5. The van der Waals surface area contributed by atoms with Gasteiger partial charge in [-0.05, 0) is 62.4 Å². The van der Waals surface area contributed by atoms with E-state index in [1.807, 2.05) is 6.07 Å². The minimum Gasteiger partial charge on any atom is -0.391 e. The lowest BCUT2D eigenvalue weighted by atomic mass is 9.77. The summed E-state index contributed by atoms with van der Waals surface area (Å²) in [5.41, 5.74) is 3.79. The highest BCUT2D eigenvalue weighted by Crippen LogP contribution is 2.39. The van der Waals surface area contributed by atoms with Crippen LogP contribution in [0.25, 0.3) is 10.9 Å². The molecule has 158 valence electrons. The molecular formula is C23H33ClN4O. The van der Waals surface area contributed by atoms with Crippen molar-refractivity contribution in [2.24, 2.45) is 11.8 Å². The molecule has 0 radical (unpaired) electrons. The smallest absolute Gasteiger partial charge is 0.0698 e. The number of aryl methyl sites for hydroxylation is 1. The second-order valence-electron chi connectivity index (χ2n) is 9.58. The molecule has 1 aromatic heterocycles. The van der Waals surface area contributed by atoms with Crippen molar-refractivity contribution in [2.45, 2.75) is 38.5 Å². The Morgan fingerprint density at radius 3 is 2.59 bits per heavy atom. The van der Waals surface area contributed by atoms with Gasteiger partial charge in [-0.3, -0.25) is 9.80 Å². The Morgan fingerprint density at radius 1 is 1.10 bits per heavy atom. The fraction of sp³-hybridized carbons (Fsp3) is 0.652. The Morgan fingerprint density at radius 2 is 1.83 bits per heavy atom. The van der Waals surface area contributed by atoms with Gasteiger partial charge in [-0.25, -0.2) is 0 Å².